The van der Waals surface area contributed by atoms with E-state index in [-0.39, 0.29) is 6.54 Å². The van der Waals surface area contributed by atoms with E-state index in [4.69, 9.17) is 10.5 Å². The Bertz CT molecular complexity index is 1110. The molecule has 2 fully saturated rings. The first-order valence-corrected chi connectivity index (χ1v) is 13.9. The standard InChI is InChI=1S/C28H37BrF3N5O2/c1-4-5-19(14-18(2)28(30,31)32)17-35-27(38)36-20-6-11-25(23(15-20)26(34-3)24(29)16-33)39-13-12-37-21-7-8-22(37)10-9-21/h4-6,11,14-16,18,21-22H,7-10,12-13,17,33H2,1-3H3,(H2,35,36,38)/b5-4-,19-14+,24-16?,34-26?. The van der Waals surface area contributed by atoms with Gasteiger partial charge in [-0.15, -0.1) is 0 Å². The first-order chi connectivity index (χ1) is 18.6. The fourth-order valence-corrected chi connectivity index (χ4v) is 5.55. The lowest BCUT2D eigenvalue weighted by Crippen LogP contribution is -2.32. The van der Waals surface area contributed by atoms with Crippen molar-refractivity contribution in [2.45, 2.75) is 57.8 Å². The number of nitrogens with two attached hydrogens (primary N) is 1. The zero-order chi connectivity index (χ0) is 28.6. The highest BCUT2D eigenvalue weighted by molar-refractivity contribution is 9.12. The van der Waals surface area contributed by atoms with E-state index in [2.05, 4.69) is 36.5 Å². The van der Waals surface area contributed by atoms with Gasteiger partial charge in [-0.2, -0.15) is 13.2 Å². The highest BCUT2D eigenvalue weighted by atomic mass is 79.9. The Morgan fingerprint density at radius 1 is 1.28 bits per heavy atom. The molecule has 4 N–H and O–H groups in total. The maximum Gasteiger partial charge on any atom is 0.394 e. The summed E-state index contributed by atoms with van der Waals surface area (Å²) in [6, 6.07) is 5.96. The molecule has 39 heavy (non-hydrogen) atoms. The largest absolute Gasteiger partial charge is 0.492 e. The predicted molar refractivity (Wildman–Crippen MR) is 153 cm³/mol. The fourth-order valence-electron chi connectivity index (χ4n) is 5.16. The number of benzene rings is 1. The van der Waals surface area contributed by atoms with Crippen molar-refractivity contribution in [3.05, 3.63) is 58.2 Å². The highest BCUT2D eigenvalue weighted by Gasteiger charge is 2.38. The first kappa shape index (κ1) is 30.7. The molecule has 0 spiro atoms. The fraction of sp³-hybridized carbons (Fsp3) is 0.500. The van der Waals surface area contributed by atoms with Crippen LogP contribution in [-0.4, -0.2) is 61.6 Å². The minimum absolute atomic E-state index is 0.0632. The number of hydrogen-bond donors (Lipinski definition) is 3. The summed E-state index contributed by atoms with van der Waals surface area (Å²) < 4.78 is 45.7. The zero-order valence-electron chi connectivity index (χ0n) is 22.5. The minimum Gasteiger partial charge on any atom is -0.492 e. The molecule has 0 saturated carbocycles. The molecule has 2 aliphatic rings. The van der Waals surface area contributed by atoms with Crippen LogP contribution in [0.5, 0.6) is 5.75 Å². The average Bonchev–Trinajstić information content (AvgIpc) is 3.47. The van der Waals surface area contributed by atoms with Gasteiger partial charge in [0.05, 0.1) is 16.1 Å². The van der Waals surface area contributed by atoms with Crippen molar-refractivity contribution >= 4 is 33.4 Å². The number of alkyl halides is 3. The number of amides is 2. The van der Waals surface area contributed by atoms with Crippen molar-refractivity contribution in [3.8, 4) is 5.75 Å². The minimum atomic E-state index is -4.35. The number of rotatable bonds is 11. The maximum absolute atomic E-state index is 13.0. The van der Waals surface area contributed by atoms with Crippen LogP contribution in [0.4, 0.5) is 23.7 Å². The summed E-state index contributed by atoms with van der Waals surface area (Å²) in [6.45, 7) is 4.08. The van der Waals surface area contributed by atoms with Gasteiger partial charge in [-0.05, 0) is 72.3 Å². The quantitative estimate of drug-likeness (QED) is 0.207. The molecule has 0 radical (unpaired) electrons. The van der Waals surface area contributed by atoms with Crippen molar-refractivity contribution in [3.63, 3.8) is 0 Å². The molecule has 7 nitrogen and oxygen atoms in total. The molecule has 0 aliphatic carbocycles. The molecule has 3 rings (SSSR count). The number of fused-ring (bicyclic) bond motifs is 2. The predicted octanol–water partition coefficient (Wildman–Crippen LogP) is 6.13. The van der Waals surface area contributed by atoms with E-state index >= 15 is 0 Å². The molecule has 2 aliphatic heterocycles. The number of allylic oxidation sites excluding steroid dienone is 3. The molecule has 1 aromatic rings. The SMILES string of the molecule is C/C=C\C(=C/C(C)C(F)(F)F)CNC(=O)Nc1ccc(OCCN2C3CCC2CC3)c(C(=NC)C(Br)=CN)c1. The van der Waals surface area contributed by atoms with E-state index in [1.807, 2.05) is 0 Å². The summed E-state index contributed by atoms with van der Waals surface area (Å²) in [6.07, 6.45) is 6.33. The number of halogens is 4. The molecule has 0 aromatic heterocycles. The van der Waals surface area contributed by atoms with Gasteiger partial charge in [0.25, 0.3) is 0 Å². The summed E-state index contributed by atoms with van der Waals surface area (Å²) in [5, 5.41) is 5.36. The van der Waals surface area contributed by atoms with Gasteiger partial charge >= 0.3 is 12.2 Å². The van der Waals surface area contributed by atoms with E-state index in [0.717, 1.165) is 19.5 Å². The van der Waals surface area contributed by atoms with Gasteiger partial charge in [0.15, 0.2) is 0 Å². The smallest absolute Gasteiger partial charge is 0.394 e. The topological polar surface area (TPSA) is 92.0 Å². The van der Waals surface area contributed by atoms with Crippen LogP contribution >= 0.6 is 15.9 Å². The monoisotopic (exact) mass is 611 g/mol. The van der Waals surface area contributed by atoms with Crippen molar-refractivity contribution < 1.29 is 22.7 Å². The Morgan fingerprint density at radius 2 is 1.95 bits per heavy atom. The van der Waals surface area contributed by atoms with Gasteiger partial charge in [0, 0.05) is 49.7 Å². The molecular weight excluding hydrogens is 575 g/mol. The van der Waals surface area contributed by atoms with E-state index in [9.17, 15) is 18.0 Å². The van der Waals surface area contributed by atoms with Gasteiger partial charge in [-0.25, -0.2) is 4.79 Å². The van der Waals surface area contributed by atoms with Crippen molar-refractivity contribution in [2.24, 2.45) is 16.6 Å². The number of nitrogens with one attached hydrogen (secondary N) is 2. The number of aliphatic imine (C=N–C) groups is 1. The number of anilines is 1. The Labute approximate surface area is 236 Å². The lowest BCUT2D eigenvalue weighted by molar-refractivity contribution is -0.156. The number of urea groups is 1. The Balaban J connectivity index is 1.70. The number of carbonyl (C=O) groups excluding carboxylic acids is 1. The number of carbonyl (C=O) groups is 1. The molecule has 1 aromatic carbocycles. The Kier molecular flexibility index (Phi) is 11.1. The average molecular weight is 613 g/mol. The van der Waals surface area contributed by atoms with Crippen molar-refractivity contribution in [2.75, 3.05) is 32.1 Å². The summed E-state index contributed by atoms with van der Waals surface area (Å²) >= 11 is 3.43. The second-order valence-electron chi connectivity index (χ2n) is 9.73. The number of hydrogen-bond acceptors (Lipinski definition) is 5. The van der Waals surface area contributed by atoms with E-state index in [1.54, 1.807) is 44.3 Å². The molecule has 11 heteroatoms. The molecular formula is C28H37BrF3N5O2. The third-order valence-electron chi connectivity index (χ3n) is 7.11. The van der Waals surface area contributed by atoms with Gasteiger partial charge in [0.2, 0.25) is 0 Å². The lowest BCUT2D eigenvalue weighted by atomic mass is 10.0. The van der Waals surface area contributed by atoms with Crippen molar-refractivity contribution in [1.82, 2.24) is 10.2 Å². The van der Waals surface area contributed by atoms with E-state index < -0.39 is 18.1 Å². The van der Waals surface area contributed by atoms with Crippen LogP contribution < -0.4 is 21.1 Å². The van der Waals surface area contributed by atoms with Gasteiger partial charge < -0.3 is 21.1 Å². The summed E-state index contributed by atoms with van der Waals surface area (Å²) in [7, 11) is 1.63. The van der Waals surface area contributed by atoms with Gasteiger partial charge in [-0.3, -0.25) is 9.89 Å². The van der Waals surface area contributed by atoms with Crippen LogP contribution in [0.15, 0.2) is 57.7 Å². The molecule has 2 amide bonds. The molecule has 2 saturated heterocycles. The van der Waals surface area contributed by atoms with Crippen LogP contribution in [-0.2, 0) is 0 Å². The molecule has 1 atom stereocenters. The second kappa shape index (κ2) is 14.0. The van der Waals surface area contributed by atoms with Gasteiger partial charge in [-0.1, -0.05) is 25.2 Å². The van der Waals surface area contributed by atoms with E-state index in [0.29, 0.717) is 51.5 Å². The van der Waals surface area contributed by atoms with Crippen LogP contribution in [0, 0.1) is 5.92 Å². The van der Waals surface area contributed by atoms with E-state index in [1.165, 1.54) is 31.9 Å². The third-order valence-corrected chi connectivity index (χ3v) is 7.75. The normalized spacial score (nSPS) is 21.5. The third kappa shape index (κ3) is 8.35. The number of nitrogens with zero attached hydrogens (tertiary/aromatic N) is 2. The zero-order valence-corrected chi connectivity index (χ0v) is 24.1. The van der Waals surface area contributed by atoms with Gasteiger partial charge in [0.1, 0.15) is 12.4 Å². The number of ether oxygens (including phenoxy) is 1. The Hall–Kier alpha value is -2.79. The molecule has 1 unspecified atom stereocenters. The molecule has 2 heterocycles. The summed E-state index contributed by atoms with van der Waals surface area (Å²) in [5.41, 5.74) is 7.74. The summed E-state index contributed by atoms with van der Waals surface area (Å²) in [4.78, 5) is 19.5. The molecule has 2 bridgehead atoms. The highest BCUT2D eigenvalue weighted by Crippen LogP contribution is 2.37. The summed E-state index contributed by atoms with van der Waals surface area (Å²) in [5.74, 6) is -1.03. The first-order valence-electron chi connectivity index (χ1n) is 13.1. The van der Waals surface area contributed by atoms with Crippen LogP contribution in [0.3, 0.4) is 0 Å². The maximum atomic E-state index is 13.0. The molecule has 214 valence electrons. The Morgan fingerprint density at radius 3 is 2.51 bits per heavy atom. The second-order valence-corrected chi connectivity index (χ2v) is 10.6. The lowest BCUT2D eigenvalue weighted by Gasteiger charge is -2.22. The van der Waals surface area contributed by atoms with Crippen molar-refractivity contribution in [1.29, 1.82) is 0 Å². The van der Waals surface area contributed by atoms with Crippen LogP contribution in [0.25, 0.3) is 0 Å². The van der Waals surface area contributed by atoms with Crippen LogP contribution in [0.1, 0.15) is 45.1 Å². The van der Waals surface area contributed by atoms with Crippen LogP contribution in [0.2, 0.25) is 0 Å².